The van der Waals surface area contributed by atoms with E-state index in [1.807, 2.05) is 30.3 Å². The van der Waals surface area contributed by atoms with Gasteiger partial charge in [0.25, 0.3) is 0 Å². The molecule has 10 heteroatoms. The molecule has 2 aromatic heterocycles. The highest BCUT2D eigenvalue weighted by atomic mass is 19.4. The first kappa shape index (κ1) is 19.8. The summed E-state index contributed by atoms with van der Waals surface area (Å²) in [5.74, 6) is 0. The second-order valence-electron chi connectivity index (χ2n) is 6.78. The second kappa shape index (κ2) is 7.71. The first-order valence-corrected chi connectivity index (χ1v) is 8.99. The van der Waals surface area contributed by atoms with Crippen molar-refractivity contribution in [2.24, 2.45) is 0 Å². The van der Waals surface area contributed by atoms with Crippen LogP contribution in [0.15, 0.2) is 79.9 Å². The topological polar surface area (TPSA) is 81.6 Å². The summed E-state index contributed by atoms with van der Waals surface area (Å²) >= 11 is 0. The Kier molecular flexibility index (Phi) is 5.08. The number of rotatable bonds is 6. The molecule has 4 aromatic rings. The molecule has 30 heavy (non-hydrogen) atoms. The molecule has 2 unspecified atom stereocenters. The van der Waals surface area contributed by atoms with Crippen LogP contribution in [0.4, 0.5) is 13.2 Å². The Morgan fingerprint density at radius 3 is 2.03 bits per heavy atom. The van der Waals surface area contributed by atoms with Crippen molar-refractivity contribution in [2.75, 3.05) is 0 Å². The van der Waals surface area contributed by atoms with Crippen molar-refractivity contribution in [3.05, 3.63) is 96.6 Å². The molecule has 0 radical (unpaired) electrons. The van der Waals surface area contributed by atoms with Crippen molar-refractivity contribution in [1.82, 2.24) is 29.5 Å². The fourth-order valence-corrected chi connectivity index (χ4v) is 3.48. The van der Waals surface area contributed by atoms with Gasteiger partial charge in [0.15, 0.2) is 0 Å². The van der Waals surface area contributed by atoms with Crippen LogP contribution in [0.5, 0.6) is 0 Å². The second-order valence-corrected chi connectivity index (χ2v) is 6.78. The lowest BCUT2D eigenvalue weighted by atomic mass is 9.82. The maximum atomic E-state index is 13.1. The van der Waals surface area contributed by atoms with Crippen LogP contribution in [0, 0.1) is 0 Å². The molecule has 2 aromatic carbocycles. The summed E-state index contributed by atoms with van der Waals surface area (Å²) in [4.78, 5) is 7.87. The molecule has 0 amide bonds. The van der Waals surface area contributed by atoms with Gasteiger partial charge in [-0.05, 0) is 23.3 Å². The van der Waals surface area contributed by atoms with Crippen LogP contribution < -0.4 is 0 Å². The van der Waals surface area contributed by atoms with Gasteiger partial charge >= 0.3 is 6.18 Å². The zero-order chi connectivity index (χ0) is 21.2. The van der Waals surface area contributed by atoms with Crippen LogP contribution in [-0.2, 0) is 18.3 Å². The molecule has 2 heterocycles. The quantitative estimate of drug-likeness (QED) is 0.525. The Bertz CT molecular complexity index is 1070. The van der Waals surface area contributed by atoms with Gasteiger partial charge in [0.2, 0.25) is 0 Å². The number of benzene rings is 2. The van der Waals surface area contributed by atoms with Gasteiger partial charge in [-0.1, -0.05) is 42.5 Å². The number of hydrogen-bond acceptors (Lipinski definition) is 5. The maximum Gasteiger partial charge on any atom is 0.416 e. The lowest BCUT2D eigenvalue weighted by Gasteiger charge is -2.37. The SMILES string of the molecule is OC(Cn1cncn1)(c1ccc(C(F)(F)F)cc1)C(c1ccccc1)n1cncn1. The summed E-state index contributed by atoms with van der Waals surface area (Å²) in [6, 6.07) is 12.7. The lowest BCUT2D eigenvalue weighted by molar-refractivity contribution is -0.137. The summed E-state index contributed by atoms with van der Waals surface area (Å²) in [6.07, 6.45) is 1.05. The maximum absolute atomic E-state index is 13.1. The third-order valence-corrected chi connectivity index (χ3v) is 4.85. The minimum absolute atomic E-state index is 0.0716. The van der Waals surface area contributed by atoms with Crippen LogP contribution in [0.25, 0.3) is 0 Å². The molecule has 0 aliphatic carbocycles. The molecule has 0 aliphatic rings. The highest BCUT2D eigenvalue weighted by molar-refractivity contribution is 5.34. The molecular formula is C20H17F3N6O. The number of aromatic nitrogens is 6. The third-order valence-electron chi connectivity index (χ3n) is 4.85. The molecule has 0 fully saturated rings. The van der Waals surface area contributed by atoms with Crippen molar-refractivity contribution in [3.63, 3.8) is 0 Å². The molecule has 0 saturated carbocycles. The van der Waals surface area contributed by atoms with Gasteiger partial charge in [-0.25, -0.2) is 19.3 Å². The van der Waals surface area contributed by atoms with Gasteiger partial charge in [-0.2, -0.15) is 23.4 Å². The predicted molar refractivity (Wildman–Crippen MR) is 100.0 cm³/mol. The van der Waals surface area contributed by atoms with Crippen LogP contribution >= 0.6 is 0 Å². The van der Waals surface area contributed by atoms with E-state index in [1.54, 1.807) is 0 Å². The largest absolute Gasteiger partial charge is 0.416 e. The highest BCUT2D eigenvalue weighted by Crippen LogP contribution is 2.40. The van der Waals surface area contributed by atoms with Crippen LogP contribution in [0.3, 0.4) is 0 Å². The van der Waals surface area contributed by atoms with E-state index in [4.69, 9.17) is 0 Å². The Labute approximate surface area is 169 Å². The molecule has 2 atom stereocenters. The Hall–Kier alpha value is -3.53. The molecule has 4 rings (SSSR count). The summed E-state index contributed by atoms with van der Waals surface area (Å²) < 4.78 is 42.1. The Balaban J connectivity index is 1.87. The minimum Gasteiger partial charge on any atom is -0.381 e. The van der Waals surface area contributed by atoms with Gasteiger partial charge in [-0.15, -0.1) is 0 Å². The fourth-order valence-electron chi connectivity index (χ4n) is 3.48. The van der Waals surface area contributed by atoms with E-state index in [0.29, 0.717) is 5.56 Å². The Morgan fingerprint density at radius 2 is 1.47 bits per heavy atom. The van der Waals surface area contributed by atoms with Crippen molar-refractivity contribution in [1.29, 1.82) is 0 Å². The van der Waals surface area contributed by atoms with E-state index >= 15 is 0 Å². The summed E-state index contributed by atoms with van der Waals surface area (Å²) in [6.45, 7) is -0.0716. The van der Waals surface area contributed by atoms with Gasteiger partial charge in [0.05, 0.1) is 12.1 Å². The van der Waals surface area contributed by atoms with E-state index in [0.717, 1.165) is 12.1 Å². The standard InChI is InChI=1S/C20H17F3N6O/c21-20(22,23)17-8-6-16(7-9-17)19(30,10-28-13-24-11-26-28)18(29-14-25-12-27-29)15-4-2-1-3-5-15/h1-9,11-14,18,30H,10H2. The normalized spacial score (nSPS) is 14.9. The van der Waals surface area contributed by atoms with Crippen molar-refractivity contribution >= 4 is 0 Å². The lowest BCUT2D eigenvalue weighted by Crippen LogP contribution is -2.42. The third kappa shape index (κ3) is 3.81. The first-order chi connectivity index (χ1) is 14.4. The first-order valence-electron chi connectivity index (χ1n) is 8.99. The van der Waals surface area contributed by atoms with Gasteiger partial charge in [0, 0.05) is 0 Å². The molecule has 0 bridgehead atoms. The van der Waals surface area contributed by atoms with Crippen molar-refractivity contribution in [3.8, 4) is 0 Å². The summed E-state index contributed by atoms with van der Waals surface area (Å²) in [5.41, 5.74) is -1.54. The zero-order valence-electron chi connectivity index (χ0n) is 15.6. The molecule has 7 nitrogen and oxygen atoms in total. The monoisotopic (exact) mass is 414 g/mol. The van der Waals surface area contributed by atoms with Crippen LogP contribution in [0.2, 0.25) is 0 Å². The number of hydrogen-bond donors (Lipinski definition) is 1. The van der Waals surface area contributed by atoms with Crippen molar-refractivity contribution in [2.45, 2.75) is 24.4 Å². The molecule has 1 N–H and O–H groups in total. The van der Waals surface area contributed by atoms with E-state index in [9.17, 15) is 18.3 Å². The Morgan fingerprint density at radius 1 is 0.833 bits per heavy atom. The highest BCUT2D eigenvalue weighted by Gasteiger charge is 2.43. The number of nitrogens with zero attached hydrogens (tertiary/aromatic N) is 6. The van der Waals surface area contributed by atoms with E-state index in [2.05, 4.69) is 20.2 Å². The minimum atomic E-state index is -4.48. The molecule has 0 aliphatic heterocycles. The average Bonchev–Trinajstić information content (AvgIpc) is 3.43. The predicted octanol–water partition coefficient (Wildman–Crippen LogP) is 3.07. The van der Waals surface area contributed by atoms with Crippen LogP contribution in [0.1, 0.15) is 22.7 Å². The average molecular weight is 414 g/mol. The van der Waals surface area contributed by atoms with Gasteiger partial charge in [0.1, 0.15) is 37.0 Å². The molecule has 154 valence electrons. The van der Waals surface area contributed by atoms with Gasteiger partial charge in [-0.3, -0.25) is 0 Å². The van der Waals surface area contributed by atoms with E-state index < -0.39 is 23.4 Å². The zero-order valence-corrected chi connectivity index (χ0v) is 15.6. The fraction of sp³-hybridized carbons (Fsp3) is 0.200. The molecule has 0 saturated heterocycles. The van der Waals surface area contributed by atoms with Crippen LogP contribution in [-0.4, -0.2) is 34.6 Å². The molecular weight excluding hydrogens is 397 g/mol. The smallest absolute Gasteiger partial charge is 0.381 e. The number of alkyl halides is 3. The number of halogens is 3. The van der Waals surface area contributed by atoms with E-state index in [1.165, 1.54) is 46.8 Å². The summed E-state index contributed by atoms with van der Waals surface area (Å²) in [5, 5.41) is 20.2. The molecule has 0 spiro atoms. The number of aliphatic hydroxyl groups is 1. The van der Waals surface area contributed by atoms with Crippen molar-refractivity contribution < 1.29 is 18.3 Å². The van der Waals surface area contributed by atoms with E-state index in [-0.39, 0.29) is 12.1 Å². The summed E-state index contributed by atoms with van der Waals surface area (Å²) in [7, 11) is 0. The van der Waals surface area contributed by atoms with Gasteiger partial charge < -0.3 is 5.11 Å².